The van der Waals surface area contributed by atoms with Crippen LogP contribution in [0.25, 0.3) is 0 Å². The van der Waals surface area contributed by atoms with Crippen molar-refractivity contribution in [1.82, 2.24) is 5.43 Å². The summed E-state index contributed by atoms with van der Waals surface area (Å²) in [6.45, 7) is 5.48. The molecule has 0 spiro atoms. The van der Waals surface area contributed by atoms with Crippen LogP contribution in [0.5, 0.6) is 0 Å². The lowest BCUT2D eigenvalue weighted by molar-refractivity contribution is 0.506. The fraction of sp³-hybridized carbons (Fsp3) is 0.250. The summed E-state index contributed by atoms with van der Waals surface area (Å²) in [5, 5.41) is 0. The Morgan fingerprint density at radius 3 is 2.15 bits per heavy atom. The van der Waals surface area contributed by atoms with Crippen LogP contribution in [-0.2, 0) is 0 Å². The third-order valence-electron chi connectivity index (χ3n) is 3.35. The van der Waals surface area contributed by atoms with Gasteiger partial charge in [0.15, 0.2) is 0 Å². The predicted octanol–water partition coefficient (Wildman–Crippen LogP) is 3.44. The van der Waals surface area contributed by atoms with Crippen molar-refractivity contribution in [2.75, 3.05) is 0 Å². The van der Waals surface area contributed by atoms with Gasteiger partial charge in [0, 0.05) is 5.56 Å². The lowest BCUT2D eigenvalue weighted by Crippen LogP contribution is -2.30. The number of hydrazine groups is 1. The fourth-order valence-corrected chi connectivity index (χ4v) is 2.47. The molecule has 2 rings (SSSR count). The Hall–Kier alpha value is -1.78. The van der Waals surface area contributed by atoms with Crippen molar-refractivity contribution in [3.05, 3.63) is 69.8 Å². The lowest BCUT2D eigenvalue weighted by Gasteiger charge is -2.20. The Bertz CT molecular complexity index is 618. The molecule has 0 aliphatic rings. The average molecular weight is 276 g/mol. The first-order valence-electron chi connectivity index (χ1n) is 6.43. The molecule has 1 unspecified atom stereocenters. The highest BCUT2D eigenvalue weighted by Crippen LogP contribution is 2.29. The second kappa shape index (κ2) is 5.69. The molecule has 0 bridgehead atoms. The quantitative estimate of drug-likeness (QED) is 0.665. The summed E-state index contributed by atoms with van der Waals surface area (Å²) in [7, 11) is 0. The second-order valence-corrected chi connectivity index (χ2v) is 5.11. The minimum atomic E-state index is -0.714. The molecule has 4 heteroatoms. The molecule has 0 saturated heterocycles. The summed E-state index contributed by atoms with van der Waals surface area (Å²) in [4.78, 5) is 0. The summed E-state index contributed by atoms with van der Waals surface area (Å²) in [5.41, 5.74) is 5.66. The first-order valence-corrected chi connectivity index (χ1v) is 6.43. The Morgan fingerprint density at radius 1 is 1.00 bits per heavy atom. The van der Waals surface area contributed by atoms with Gasteiger partial charge >= 0.3 is 0 Å². The van der Waals surface area contributed by atoms with Gasteiger partial charge in [-0.3, -0.25) is 5.84 Å². The second-order valence-electron chi connectivity index (χ2n) is 5.11. The number of rotatable bonds is 3. The van der Waals surface area contributed by atoms with E-state index in [9.17, 15) is 8.78 Å². The molecule has 0 amide bonds. The van der Waals surface area contributed by atoms with Crippen LogP contribution < -0.4 is 11.3 Å². The van der Waals surface area contributed by atoms with Crippen molar-refractivity contribution in [1.29, 1.82) is 0 Å². The maximum absolute atomic E-state index is 14.3. The van der Waals surface area contributed by atoms with Gasteiger partial charge in [0.1, 0.15) is 11.6 Å². The standard InChI is InChI=1S/C16H18F2N2/c1-9-6-10(2)8-12(7-9)16(20-19)14-13(17)5-4-11(3)15(14)18/h4-8,16,20H,19H2,1-3H3. The number of aryl methyl sites for hydroxylation is 3. The van der Waals surface area contributed by atoms with Gasteiger partial charge in [-0.25, -0.2) is 14.2 Å². The molecule has 20 heavy (non-hydrogen) atoms. The average Bonchev–Trinajstić information content (AvgIpc) is 2.38. The molecule has 2 aromatic rings. The SMILES string of the molecule is Cc1cc(C)cc(C(NN)c2c(F)ccc(C)c2F)c1. The monoisotopic (exact) mass is 276 g/mol. The Morgan fingerprint density at radius 2 is 1.60 bits per heavy atom. The molecule has 0 heterocycles. The third kappa shape index (κ3) is 2.71. The molecule has 0 aromatic heterocycles. The molecule has 0 radical (unpaired) electrons. The number of hydrogen-bond acceptors (Lipinski definition) is 2. The Balaban J connectivity index is 2.61. The molecule has 0 saturated carbocycles. The zero-order valence-electron chi connectivity index (χ0n) is 11.8. The Labute approximate surface area is 117 Å². The molecule has 106 valence electrons. The topological polar surface area (TPSA) is 38.0 Å². The van der Waals surface area contributed by atoms with E-state index in [4.69, 9.17) is 5.84 Å². The van der Waals surface area contributed by atoms with Crippen LogP contribution in [0.3, 0.4) is 0 Å². The van der Waals surface area contributed by atoms with E-state index in [1.165, 1.54) is 12.1 Å². The number of halogens is 2. The molecule has 1 atom stereocenters. The number of nitrogens with two attached hydrogens (primary N) is 1. The van der Waals surface area contributed by atoms with E-state index >= 15 is 0 Å². The number of nitrogens with one attached hydrogen (secondary N) is 1. The van der Waals surface area contributed by atoms with E-state index < -0.39 is 17.7 Å². The van der Waals surface area contributed by atoms with Crippen molar-refractivity contribution in [3.8, 4) is 0 Å². The molecular formula is C16H18F2N2. The summed E-state index contributed by atoms with van der Waals surface area (Å²) >= 11 is 0. The third-order valence-corrected chi connectivity index (χ3v) is 3.35. The van der Waals surface area contributed by atoms with Crippen molar-refractivity contribution in [2.45, 2.75) is 26.8 Å². The highest BCUT2D eigenvalue weighted by molar-refractivity contribution is 5.39. The van der Waals surface area contributed by atoms with Gasteiger partial charge in [0.2, 0.25) is 0 Å². The highest BCUT2D eigenvalue weighted by atomic mass is 19.1. The van der Waals surface area contributed by atoms with Gasteiger partial charge in [0.05, 0.1) is 6.04 Å². The molecular weight excluding hydrogens is 258 g/mol. The summed E-state index contributed by atoms with van der Waals surface area (Å²) in [6.07, 6.45) is 0. The van der Waals surface area contributed by atoms with Crippen LogP contribution in [0, 0.1) is 32.4 Å². The van der Waals surface area contributed by atoms with Crippen LogP contribution >= 0.6 is 0 Å². The molecule has 2 aromatic carbocycles. The minimum absolute atomic E-state index is 0.0440. The fourth-order valence-electron chi connectivity index (χ4n) is 2.47. The van der Waals surface area contributed by atoms with Gasteiger partial charge in [-0.05, 0) is 38.0 Å². The summed E-state index contributed by atoms with van der Waals surface area (Å²) in [6, 6.07) is 7.72. The van der Waals surface area contributed by atoms with Gasteiger partial charge < -0.3 is 0 Å². The van der Waals surface area contributed by atoms with Crippen LogP contribution in [0.1, 0.15) is 33.9 Å². The predicted molar refractivity (Wildman–Crippen MR) is 76.2 cm³/mol. The zero-order valence-corrected chi connectivity index (χ0v) is 11.8. The van der Waals surface area contributed by atoms with Gasteiger partial charge in [-0.2, -0.15) is 0 Å². The molecule has 0 aliphatic heterocycles. The van der Waals surface area contributed by atoms with E-state index in [1.807, 2.05) is 32.0 Å². The van der Waals surface area contributed by atoms with Crippen molar-refractivity contribution >= 4 is 0 Å². The van der Waals surface area contributed by atoms with E-state index in [0.29, 0.717) is 5.56 Å². The molecule has 0 aliphatic carbocycles. The van der Waals surface area contributed by atoms with Gasteiger partial charge in [-0.15, -0.1) is 0 Å². The molecule has 0 fully saturated rings. The van der Waals surface area contributed by atoms with Crippen molar-refractivity contribution in [3.63, 3.8) is 0 Å². The van der Waals surface area contributed by atoms with Crippen LogP contribution in [0.2, 0.25) is 0 Å². The number of hydrogen-bond donors (Lipinski definition) is 2. The van der Waals surface area contributed by atoms with Gasteiger partial charge in [-0.1, -0.05) is 35.4 Å². The van der Waals surface area contributed by atoms with E-state index in [0.717, 1.165) is 16.7 Å². The summed E-state index contributed by atoms with van der Waals surface area (Å²) < 4.78 is 28.3. The molecule has 2 nitrogen and oxygen atoms in total. The normalized spacial score (nSPS) is 12.5. The van der Waals surface area contributed by atoms with Crippen LogP contribution in [0.15, 0.2) is 30.3 Å². The van der Waals surface area contributed by atoms with Crippen LogP contribution in [-0.4, -0.2) is 0 Å². The highest BCUT2D eigenvalue weighted by Gasteiger charge is 2.22. The zero-order chi connectivity index (χ0) is 14.9. The van der Waals surface area contributed by atoms with E-state index in [2.05, 4.69) is 5.43 Å². The first-order chi connectivity index (χ1) is 9.43. The first kappa shape index (κ1) is 14.6. The Kier molecular flexibility index (Phi) is 4.16. The molecule has 3 N–H and O–H groups in total. The smallest absolute Gasteiger partial charge is 0.134 e. The van der Waals surface area contributed by atoms with Crippen molar-refractivity contribution < 1.29 is 8.78 Å². The van der Waals surface area contributed by atoms with E-state index in [1.54, 1.807) is 6.92 Å². The van der Waals surface area contributed by atoms with E-state index in [-0.39, 0.29) is 5.56 Å². The maximum Gasteiger partial charge on any atom is 0.134 e. The lowest BCUT2D eigenvalue weighted by atomic mass is 9.94. The summed E-state index contributed by atoms with van der Waals surface area (Å²) in [5.74, 6) is 4.38. The maximum atomic E-state index is 14.3. The van der Waals surface area contributed by atoms with Crippen molar-refractivity contribution in [2.24, 2.45) is 5.84 Å². The van der Waals surface area contributed by atoms with Crippen LogP contribution in [0.4, 0.5) is 8.78 Å². The minimum Gasteiger partial charge on any atom is -0.271 e. The number of benzene rings is 2. The van der Waals surface area contributed by atoms with Gasteiger partial charge in [0.25, 0.3) is 0 Å². The largest absolute Gasteiger partial charge is 0.271 e.